The molecule has 0 spiro atoms. The molecule has 0 bridgehead atoms. The van der Waals surface area contributed by atoms with Crippen molar-refractivity contribution in [1.82, 2.24) is 14.8 Å². The van der Waals surface area contributed by atoms with E-state index < -0.39 is 17.7 Å². The van der Waals surface area contributed by atoms with Gasteiger partial charge in [0.2, 0.25) is 5.95 Å². The number of rotatable bonds is 2. The summed E-state index contributed by atoms with van der Waals surface area (Å²) in [7, 11) is 0. The Balaban J connectivity index is 1.81. The van der Waals surface area contributed by atoms with E-state index in [0.717, 1.165) is 17.7 Å². The molecule has 1 aliphatic rings. The van der Waals surface area contributed by atoms with Gasteiger partial charge in [0, 0.05) is 5.70 Å². The minimum Gasteiger partial charge on any atom is -0.324 e. The van der Waals surface area contributed by atoms with Gasteiger partial charge in [-0.1, -0.05) is 6.07 Å². The van der Waals surface area contributed by atoms with Gasteiger partial charge in [0.25, 0.3) is 0 Å². The second-order valence-corrected chi connectivity index (χ2v) is 5.36. The lowest BCUT2D eigenvalue weighted by Gasteiger charge is -2.24. The Hall–Kier alpha value is -3.09. The van der Waals surface area contributed by atoms with Crippen molar-refractivity contribution in [3.63, 3.8) is 0 Å². The summed E-state index contributed by atoms with van der Waals surface area (Å²) >= 11 is 0. The van der Waals surface area contributed by atoms with Gasteiger partial charge >= 0.3 is 0 Å². The predicted octanol–water partition coefficient (Wildman–Crippen LogP) is 3.75. The van der Waals surface area contributed by atoms with Crippen LogP contribution in [0.25, 0.3) is 5.70 Å². The highest BCUT2D eigenvalue weighted by atomic mass is 19.2. The standard InChI is InChI=1S/C17H11F3N4/c18-12-4-1-10(2-5-12)15-8-16(24-17(23-15)21-9-22-24)11-3-6-13(19)14(20)7-11/h1-9,16H,(H,21,22,23)/t16-/m1/s1. The summed E-state index contributed by atoms with van der Waals surface area (Å²) in [6.45, 7) is 0. The minimum atomic E-state index is -0.926. The zero-order chi connectivity index (χ0) is 16.7. The Morgan fingerprint density at radius 2 is 1.75 bits per heavy atom. The van der Waals surface area contributed by atoms with Gasteiger partial charge in [0.1, 0.15) is 18.2 Å². The largest absolute Gasteiger partial charge is 0.324 e. The van der Waals surface area contributed by atoms with Crippen molar-refractivity contribution in [2.45, 2.75) is 6.04 Å². The first-order chi connectivity index (χ1) is 11.6. The van der Waals surface area contributed by atoms with Crippen LogP contribution in [0.5, 0.6) is 0 Å². The fraction of sp³-hybridized carbons (Fsp3) is 0.0588. The van der Waals surface area contributed by atoms with Crippen LogP contribution in [0.15, 0.2) is 54.9 Å². The van der Waals surface area contributed by atoms with Crippen molar-refractivity contribution in [2.75, 3.05) is 5.32 Å². The first kappa shape index (κ1) is 14.5. The molecule has 1 aromatic heterocycles. The van der Waals surface area contributed by atoms with E-state index in [-0.39, 0.29) is 5.82 Å². The van der Waals surface area contributed by atoms with Crippen LogP contribution in [0.1, 0.15) is 17.2 Å². The number of allylic oxidation sites excluding steroid dienone is 1. The van der Waals surface area contributed by atoms with Gasteiger partial charge in [-0.2, -0.15) is 10.1 Å². The van der Waals surface area contributed by atoms with Gasteiger partial charge in [-0.25, -0.2) is 17.9 Å². The van der Waals surface area contributed by atoms with E-state index in [1.54, 1.807) is 16.8 Å². The van der Waals surface area contributed by atoms with E-state index in [4.69, 9.17) is 0 Å². The average Bonchev–Trinajstić information content (AvgIpc) is 3.06. The third-order valence-electron chi connectivity index (χ3n) is 3.85. The summed E-state index contributed by atoms with van der Waals surface area (Å²) in [5, 5.41) is 7.23. The van der Waals surface area contributed by atoms with Gasteiger partial charge in [-0.05, 0) is 53.6 Å². The highest BCUT2D eigenvalue weighted by molar-refractivity contribution is 5.77. The van der Waals surface area contributed by atoms with Crippen LogP contribution in [0.2, 0.25) is 0 Å². The molecule has 4 rings (SSSR count). The molecule has 0 fully saturated rings. The van der Waals surface area contributed by atoms with Gasteiger partial charge in [0.05, 0.1) is 0 Å². The molecule has 4 nitrogen and oxygen atoms in total. The maximum Gasteiger partial charge on any atom is 0.226 e. The molecule has 0 amide bonds. The molecule has 0 saturated carbocycles. The predicted molar refractivity (Wildman–Crippen MR) is 82.5 cm³/mol. The van der Waals surface area contributed by atoms with Gasteiger partial charge in [0.15, 0.2) is 11.6 Å². The van der Waals surface area contributed by atoms with Gasteiger partial charge in [-0.3, -0.25) is 0 Å². The number of nitrogens with zero attached hydrogens (tertiary/aromatic N) is 3. The lowest BCUT2D eigenvalue weighted by atomic mass is 10.0. The van der Waals surface area contributed by atoms with E-state index in [1.807, 2.05) is 6.08 Å². The first-order valence-corrected chi connectivity index (χ1v) is 7.21. The van der Waals surface area contributed by atoms with Crippen LogP contribution in [-0.4, -0.2) is 14.8 Å². The Labute approximate surface area is 135 Å². The van der Waals surface area contributed by atoms with Crippen LogP contribution in [0, 0.1) is 17.5 Å². The summed E-state index contributed by atoms with van der Waals surface area (Å²) in [5.41, 5.74) is 1.96. The van der Waals surface area contributed by atoms with Gasteiger partial charge in [-0.15, -0.1) is 0 Å². The molecular formula is C17H11F3N4. The van der Waals surface area contributed by atoms with E-state index >= 15 is 0 Å². The normalized spacial score (nSPS) is 16.3. The molecule has 0 unspecified atom stereocenters. The highest BCUT2D eigenvalue weighted by Crippen LogP contribution is 2.32. The minimum absolute atomic E-state index is 0.338. The van der Waals surface area contributed by atoms with E-state index in [2.05, 4.69) is 15.4 Å². The molecule has 1 atom stereocenters. The smallest absolute Gasteiger partial charge is 0.226 e. The average molecular weight is 328 g/mol. The second kappa shape index (κ2) is 5.52. The third kappa shape index (κ3) is 2.44. The molecule has 1 N–H and O–H groups in total. The molecule has 3 aromatic rings. The maximum atomic E-state index is 13.6. The third-order valence-corrected chi connectivity index (χ3v) is 3.85. The van der Waals surface area contributed by atoms with Crippen LogP contribution in [-0.2, 0) is 0 Å². The number of fused-ring (bicyclic) bond motifs is 1. The molecule has 120 valence electrons. The Kier molecular flexibility index (Phi) is 3.34. The van der Waals surface area contributed by atoms with Crippen molar-refractivity contribution >= 4 is 11.6 Å². The molecule has 1 aliphatic heterocycles. The van der Waals surface area contributed by atoms with Crippen LogP contribution in [0.3, 0.4) is 0 Å². The number of aromatic nitrogens is 3. The molecule has 7 heteroatoms. The van der Waals surface area contributed by atoms with Crippen molar-refractivity contribution in [2.24, 2.45) is 0 Å². The SMILES string of the molecule is Fc1ccc(C2=C[C@H](c3ccc(F)c(F)c3)n3ncnc3N2)cc1. The maximum absolute atomic E-state index is 13.6. The number of anilines is 1. The summed E-state index contributed by atoms with van der Waals surface area (Å²) in [5.74, 6) is -1.71. The summed E-state index contributed by atoms with van der Waals surface area (Å²) in [4.78, 5) is 4.12. The molecular weight excluding hydrogens is 317 g/mol. The van der Waals surface area contributed by atoms with Crippen molar-refractivity contribution in [1.29, 1.82) is 0 Å². The Bertz CT molecular complexity index is 931. The number of halogens is 3. The zero-order valence-corrected chi connectivity index (χ0v) is 12.2. The topological polar surface area (TPSA) is 42.7 Å². The fourth-order valence-corrected chi connectivity index (χ4v) is 2.67. The van der Waals surface area contributed by atoms with Crippen molar-refractivity contribution in [3.8, 4) is 0 Å². The highest BCUT2D eigenvalue weighted by Gasteiger charge is 2.24. The molecule has 0 radical (unpaired) electrons. The Morgan fingerprint density at radius 1 is 0.958 bits per heavy atom. The quantitative estimate of drug-likeness (QED) is 0.779. The lowest BCUT2D eigenvalue weighted by molar-refractivity contribution is 0.503. The monoisotopic (exact) mass is 328 g/mol. The van der Waals surface area contributed by atoms with Crippen LogP contribution < -0.4 is 5.32 Å². The number of hydrogen-bond donors (Lipinski definition) is 1. The number of hydrogen-bond acceptors (Lipinski definition) is 3. The summed E-state index contributed by atoms with van der Waals surface area (Å²) in [6.07, 6.45) is 3.18. The molecule has 0 aliphatic carbocycles. The van der Waals surface area contributed by atoms with Crippen LogP contribution >= 0.6 is 0 Å². The molecule has 2 aromatic carbocycles. The summed E-state index contributed by atoms with van der Waals surface area (Å²) in [6, 6.07) is 9.21. The van der Waals surface area contributed by atoms with Crippen molar-refractivity contribution < 1.29 is 13.2 Å². The number of benzene rings is 2. The second-order valence-electron chi connectivity index (χ2n) is 5.36. The van der Waals surface area contributed by atoms with E-state index in [0.29, 0.717) is 17.2 Å². The van der Waals surface area contributed by atoms with E-state index in [1.165, 1.54) is 24.5 Å². The lowest BCUT2D eigenvalue weighted by Crippen LogP contribution is -2.20. The van der Waals surface area contributed by atoms with E-state index in [9.17, 15) is 13.2 Å². The first-order valence-electron chi connectivity index (χ1n) is 7.21. The molecule has 2 heterocycles. The number of nitrogens with one attached hydrogen (secondary N) is 1. The van der Waals surface area contributed by atoms with Gasteiger partial charge < -0.3 is 5.32 Å². The Morgan fingerprint density at radius 3 is 2.50 bits per heavy atom. The van der Waals surface area contributed by atoms with Crippen molar-refractivity contribution in [3.05, 3.63) is 83.4 Å². The van der Waals surface area contributed by atoms with Crippen LogP contribution in [0.4, 0.5) is 19.1 Å². The molecule has 0 saturated heterocycles. The molecule has 24 heavy (non-hydrogen) atoms. The summed E-state index contributed by atoms with van der Waals surface area (Å²) < 4.78 is 41.5. The fourth-order valence-electron chi connectivity index (χ4n) is 2.67. The zero-order valence-electron chi connectivity index (χ0n) is 12.2.